The third kappa shape index (κ3) is 2.43. The van der Waals surface area contributed by atoms with Gasteiger partial charge < -0.3 is 9.47 Å². The Labute approximate surface area is 97.0 Å². The Bertz CT molecular complexity index is 440. The summed E-state index contributed by atoms with van der Waals surface area (Å²) in [5.41, 5.74) is 0. The predicted octanol–water partition coefficient (Wildman–Crippen LogP) is 4.20. The summed E-state index contributed by atoms with van der Waals surface area (Å²) < 4.78 is 10.8. The fraction of sp³-hybridized carbons (Fsp3) is 0.0909. The number of halogens is 1. The molecule has 0 aliphatic heterocycles. The number of rotatable bonds is 3. The summed E-state index contributed by atoms with van der Waals surface area (Å²) in [6.45, 7) is 0. The van der Waals surface area contributed by atoms with Crippen LogP contribution in [0.4, 0.5) is 0 Å². The second-order valence-corrected chi connectivity index (χ2v) is 4.07. The maximum Gasteiger partial charge on any atom is 0.169 e. The first-order valence-corrected chi connectivity index (χ1v) is 5.65. The van der Waals surface area contributed by atoms with Crippen molar-refractivity contribution in [2.24, 2.45) is 0 Å². The van der Waals surface area contributed by atoms with Crippen molar-refractivity contribution in [3.05, 3.63) is 40.0 Å². The highest BCUT2D eigenvalue weighted by Gasteiger charge is 2.06. The molecule has 0 unspecified atom stereocenters. The molecule has 2 nitrogen and oxygen atoms in total. The molecule has 0 spiro atoms. The Balaban J connectivity index is 2.28. The van der Waals surface area contributed by atoms with Crippen molar-refractivity contribution in [3.63, 3.8) is 0 Å². The molecule has 0 aliphatic carbocycles. The first kappa shape index (κ1) is 10.3. The van der Waals surface area contributed by atoms with Crippen LogP contribution in [0.15, 0.2) is 35.0 Å². The summed E-state index contributed by atoms with van der Waals surface area (Å²) in [7, 11) is 1.59. The Morgan fingerprint density at radius 2 is 2.07 bits per heavy atom. The first-order valence-electron chi connectivity index (χ1n) is 4.33. The highest BCUT2D eigenvalue weighted by Crippen LogP contribution is 2.34. The zero-order valence-corrected chi connectivity index (χ0v) is 9.64. The molecule has 0 fully saturated rings. The van der Waals surface area contributed by atoms with Crippen LogP contribution in [-0.2, 0) is 0 Å². The maximum absolute atomic E-state index is 5.84. The average molecular weight is 241 g/mol. The van der Waals surface area contributed by atoms with Gasteiger partial charge in [0.2, 0.25) is 0 Å². The van der Waals surface area contributed by atoms with E-state index in [1.165, 1.54) is 0 Å². The van der Waals surface area contributed by atoms with Gasteiger partial charge in [-0.25, -0.2) is 0 Å². The lowest BCUT2D eigenvalue weighted by molar-refractivity contribution is 0.379. The van der Waals surface area contributed by atoms with Crippen LogP contribution in [0.5, 0.6) is 17.2 Å². The van der Waals surface area contributed by atoms with Gasteiger partial charge in [-0.2, -0.15) is 0 Å². The summed E-state index contributed by atoms with van der Waals surface area (Å²) in [6, 6.07) is 7.19. The Kier molecular flexibility index (Phi) is 3.14. The molecular formula is C11H9ClO2S. The molecule has 0 radical (unpaired) electrons. The lowest BCUT2D eigenvalue weighted by atomic mass is 10.3. The summed E-state index contributed by atoms with van der Waals surface area (Å²) in [5, 5.41) is 4.51. The van der Waals surface area contributed by atoms with E-state index >= 15 is 0 Å². The molecule has 0 atom stereocenters. The number of thiophene rings is 1. The highest BCUT2D eigenvalue weighted by molar-refractivity contribution is 7.08. The van der Waals surface area contributed by atoms with Gasteiger partial charge in [0.1, 0.15) is 5.75 Å². The van der Waals surface area contributed by atoms with Gasteiger partial charge in [0.05, 0.1) is 7.11 Å². The van der Waals surface area contributed by atoms with Crippen LogP contribution in [0.1, 0.15) is 0 Å². The third-order valence-electron chi connectivity index (χ3n) is 1.85. The molecule has 2 rings (SSSR count). The van der Waals surface area contributed by atoms with E-state index in [1.807, 2.05) is 16.8 Å². The summed E-state index contributed by atoms with van der Waals surface area (Å²) in [4.78, 5) is 0. The zero-order valence-electron chi connectivity index (χ0n) is 8.07. The van der Waals surface area contributed by atoms with Crippen molar-refractivity contribution in [1.82, 2.24) is 0 Å². The number of hydrogen-bond donors (Lipinski definition) is 0. The molecule has 2 aromatic rings. The molecule has 1 aromatic heterocycles. The standard InChI is InChI=1S/C11H9ClO2S/c1-13-11-6-8(12)2-3-10(11)14-9-4-5-15-7-9/h2-7H,1H3. The largest absolute Gasteiger partial charge is 0.493 e. The van der Waals surface area contributed by atoms with Crippen LogP contribution >= 0.6 is 22.9 Å². The molecule has 1 aromatic carbocycles. The molecule has 78 valence electrons. The lowest BCUT2D eigenvalue weighted by Gasteiger charge is -2.08. The van der Waals surface area contributed by atoms with Gasteiger partial charge in [0.25, 0.3) is 0 Å². The van der Waals surface area contributed by atoms with Crippen LogP contribution in [0.3, 0.4) is 0 Å². The van der Waals surface area contributed by atoms with Gasteiger partial charge in [-0.1, -0.05) is 11.6 Å². The number of methoxy groups -OCH3 is 1. The quantitative estimate of drug-likeness (QED) is 0.801. The Hall–Kier alpha value is -1.19. The molecule has 0 N–H and O–H groups in total. The second kappa shape index (κ2) is 4.55. The third-order valence-corrected chi connectivity index (χ3v) is 2.75. The SMILES string of the molecule is COc1cc(Cl)ccc1Oc1ccsc1. The molecule has 15 heavy (non-hydrogen) atoms. The normalized spacial score (nSPS) is 10.0. The Morgan fingerprint density at radius 3 is 2.73 bits per heavy atom. The molecule has 1 heterocycles. The van der Waals surface area contributed by atoms with Crippen molar-refractivity contribution in [2.45, 2.75) is 0 Å². The lowest BCUT2D eigenvalue weighted by Crippen LogP contribution is -1.88. The average Bonchev–Trinajstić information content (AvgIpc) is 2.73. The molecule has 4 heteroatoms. The summed E-state index contributed by atoms with van der Waals surface area (Å²) in [6.07, 6.45) is 0. The van der Waals surface area contributed by atoms with E-state index in [4.69, 9.17) is 21.1 Å². The van der Waals surface area contributed by atoms with E-state index in [0.717, 1.165) is 5.75 Å². The van der Waals surface area contributed by atoms with Gasteiger partial charge in [-0.3, -0.25) is 0 Å². The maximum atomic E-state index is 5.84. The summed E-state index contributed by atoms with van der Waals surface area (Å²) in [5.74, 6) is 2.11. The van der Waals surface area contributed by atoms with Crippen molar-refractivity contribution in [2.75, 3.05) is 7.11 Å². The van der Waals surface area contributed by atoms with Gasteiger partial charge in [0, 0.05) is 16.5 Å². The van der Waals surface area contributed by atoms with Gasteiger partial charge in [-0.05, 0) is 23.6 Å². The minimum atomic E-state index is 0.629. The van der Waals surface area contributed by atoms with E-state index in [9.17, 15) is 0 Å². The zero-order chi connectivity index (χ0) is 10.7. The van der Waals surface area contributed by atoms with Crippen LogP contribution in [0.25, 0.3) is 0 Å². The molecule has 0 amide bonds. The van der Waals surface area contributed by atoms with Crippen LogP contribution in [0, 0.1) is 0 Å². The predicted molar refractivity (Wildman–Crippen MR) is 62.4 cm³/mol. The highest BCUT2D eigenvalue weighted by atomic mass is 35.5. The van der Waals surface area contributed by atoms with Crippen LogP contribution in [-0.4, -0.2) is 7.11 Å². The van der Waals surface area contributed by atoms with Crippen molar-refractivity contribution < 1.29 is 9.47 Å². The topological polar surface area (TPSA) is 18.5 Å². The fourth-order valence-electron chi connectivity index (χ4n) is 1.16. The van der Waals surface area contributed by atoms with E-state index in [1.54, 1.807) is 36.6 Å². The van der Waals surface area contributed by atoms with Crippen molar-refractivity contribution >= 4 is 22.9 Å². The smallest absolute Gasteiger partial charge is 0.169 e. The minimum Gasteiger partial charge on any atom is -0.493 e. The molecule has 0 saturated heterocycles. The van der Waals surface area contributed by atoms with E-state index in [0.29, 0.717) is 16.5 Å². The number of hydrogen-bond acceptors (Lipinski definition) is 3. The van der Waals surface area contributed by atoms with Gasteiger partial charge in [-0.15, -0.1) is 11.3 Å². The first-order chi connectivity index (χ1) is 7.29. The van der Waals surface area contributed by atoms with Crippen LogP contribution < -0.4 is 9.47 Å². The van der Waals surface area contributed by atoms with Crippen molar-refractivity contribution in [1.29, 1.82) is 0 Å². The molecule has 0 bridgehead atoms. The number of ether oxygens (including phenoxy) is 2. The molecular weight excluding hydrogens is 232 g/mol. The van der Waals surface area contributed by atoms with Gasteiger partial charge in [0.15, 0.2) is 11.5 Å². The molecule has 0 aliphatic rings. The Morgan fingerprint density at radius 1 is 1.20 bits per heavy atom. The number of benzene rings is 1. The van der Waals surface area contributed by atoms with Crippen molar-refractivity contribution in [3.8, 4) is 17.2 Å². The minimum absolute atomic E-state index is 0.629. The summed E-state index contributed by atoms with van der Waals surface area (Å²) >= 11 is 7.43. The van der Waals surface area contributed by atoms with Gasteiger partial charge >= 0.3 is 0 Å². The monoisotopic (exact) mass is 240 g/mol. The van der Waals surface area contributed by atoms with E-state index in [2.05, 4.69) is 0 Å². The van der Waals surface area contributed by atoms with E-state index < -0.39 is 0 Å². The fourth-order valence-corrected chi connectivity index (χ4v) is 1.88. The second-order valence-electron chi connectivity index (χ2n) is 2.86. The molecule has 0 saturated carbocycles. The van der Waals surface area contributed by atoms with Crippen LogP contribution in [0.2, 0.25) is 5.02 Å². The van der Waals surface area contributed by atoms with E-state index in [-0.39, 0.29) is 0 Å².